The maximum atomic E-state index is 6.96. The predicted molar refractivity (Wildman–Crippen MR) is 44.2 cm³/mol. The molecule has 0 aliphatic rings. The van der Waals surface area contributed by atoms with Crippen LogP contribution in [0.15, 0.2) is 6.20 Å². The number of aryl methyl sites for hydroxylation is 1. The summed E-state index contributed by atoms with van der Waals surface area (Å²) in [6.45, 7) is 0. The van der Waals surface area contributed by atoms with Gasteiger partial charge in [-0.15, -0.1) is 5.10 Å². The van der Waals surface area contributed by atoms with Gasteiger partial charge < -0.3 is 5.73 Å². The number of hydrogen-bond acceptors (Lipinski definition) is 4. The van der Waals surface area contributed by atoms with Gasteiger partial charge in [-0.1, -0.05) is 17.0 Å². The Labute approximate surface area is 68.5 Å². The first kappa shape index (κ1) is 8.06. The summed E-state index contributed by atoms with van der Waals surface area (Å²) in [5.74, 6) is 0.652. The second-order valence-corrected chi connectivity index (χ2v) is 3.02. The highest BCUT2D eigenvalue weighted by atomic mass is 32.2. The van der Waals surface area contributed by atoms with Crippen molar-refractivity contribution < 1.29 is 0 Å². The lowest BCUT2D eigenvalue weighted by Crippen LogP contribution is -2.05. The normalized spacial score (nSPS) is 9.91. The topological polar surface area (TPSA) is 80.6 Å². The summed E-state index contributed by atoms with van der Waals surface area (Å²) >= 11 is 1.26. The Hall–Kier alpha value is -1.04. The van der Waals surface area contributed by atoms with E-state index in [1.165, 1.54) is 11.8 Å². The SMILES string of the molecule is Cn1nncc1CSC(=N)N. The third kappa shape index (κ3) is 2.23. The molecule has 0 saturated heterocycles. The zero-order chi connectivity index (χ0) is 8.27. The summed E-state index contributed by atoms with van der Waals surface area (Å²) in [6, 6.07) is 0. The van der Waals surface area contributed by atoms with Gasteiger partial charge in [0.1, 0.15) is 0 Å². The van der Waals surface area contributed by atoms with Crippen LogP contribution in [-0.4, -0.2) is 20.2 Å². The molecule has 0 saturated carbocycles. The molecule has 0 unspecified atom stereocenters. The highest BCUT2D eigenvalue weighted by Gasteiger charge is 1.99. The van der Waals surface area contributed by atoms with E-state index in [2.05, 4.69) is 10.3 Å². The lowest BCUT2D eigenvalue weighted by Gasteiger charge is -1.97. The Kier molecular flexibility index (Phi) is 2.48. The van der Waals surface area contributed by atoms with Crippen LogP contribution in [0.5, 0.6) is 0 Å². The molecule has 1 aromatic heterocycles. The average Bonchev–Trinajstić information content (AvgIpc) is 2.31. The Balaban J connectivity index is 2.51. The van der Waals surface area contributed by atoms with Gasteiger partial charge in [0.2, 0.25) is 0 Å². The van der Waals surface area contributed by atoms with Crippen molar-refractivity contribution in [2.45, 2.75) is 5.75 Å². The lowest BCUT2D eigenvalue weighted by atomic mass is 10.5. The molecule has 1 heterocycles. The van der Waals surface area contributed by atoms with Crippen molar-refractivity contribution in [3.8, 4) is 0 Å². The van der Waals surface area contributed by atoms with Crippen molar-refractivity contribution in [3.05, 3.63) is 11.9 Å². The van der Waals surface area contributed by atoms with E-state index in [1.54, 1.807) is 10.9 Å². The van der Waals surface area contributed by atoms with E-state index in [-0.39, 0.29) is 5.17 Å². The van der Waals surface area contributed by atoms with E-state index in [1.807, 2.05) is 7.05 Å². The van der Waals surface area contributed by atoms with E-state index in [4.69, 9.17) is 11.1 Å². The third-order valence-electron chi connectivity index (χ3n) is 1.18. The van der Waals surface area contributed by atoms with E-state index in [0.29, 0.717) is 5.75 Å². The highest BCUT2D eigenvalue weighted by Crippen LogP contribution is 2.07. The minimum Gasteiger partial charge on any atom is -0.379 e. The van der Waals surface area contributed by atoms with Crippen LogP contribution in [-0.2, 0) is 12.8 Å². The number of rotatable bonds is 2. The van der Waals surface area contributed by atoms with Crippen molar-refractivity contribution in [2.24, 2.45) is 12.8 Å². The monoisotopic (exact) mass is 171 g/mol. The molecule has 3 N–H and O–H groups in total. The van der Waals surface area contributed by atoms with Gasteiger partial charge in [-0.2, -0.15) is 0 Å². The number of nitrogens with zero attached hydrogens (tertiary/aromatic N) is 3. The summed E-state index contributed by atoms with van der Waals surface area (Å²) in [5.41, 5.74) is 6.12. The molecule has 0 amide bonds. The van der Waals surface area contributed by atoms with Gasteiger partial charge in [0, 0.05) is 12.8 Å². The van der Waals surface area contributed by atoms with Crippen LogP contribution in [0, 0.1) is 5.41 Å². The van der Waals surface area contributed by atoms with Crippen molar-refractivity contribution in [2.75, 3.05) is 0 Å². The van der Waals surface area contributed by atoms with Crippen molar-refractivity contribution in [3.63, 3.8) is 0 Å². The number of hydrogen-bond donors (Lipinski definition) is 2. The van der Waals surface area contributed by atoms with Crippen molar-refractivity contribution in [1.29, 1.82) is 5.41 Å². The van der Waals surface area contributed by atoms with Crippen molar-refractivity contribution in [1.82, 2.24) is 15.0 Å². The van der Waals surface area contributed by atoms with Gasteiger partial charge in [0.05, 0.1) is 11.9 Å². The van der Waals surface area contributed by atoms with Crippen LogP contribution in [0.25, 0.3) is 0 Å². The number of thioether (sulfide) groups is 1. The molecule has 0 bridgehead atoms. The molecular weight excluding hydrogens is 162 g/mol. The number of nitrogens with one attached hydrogen (secondary N) is 1. The Morgan fingerprint density at radius 3 is 3.09 bits per heavy atom. The molecule has 0 spiro atoms. The van der Waals surface area contributed by atoms with Gasteiger partial charge in [-0.25, -0.2) is 0 Å². The second-order valence-electron chi connectivity index (χ2n) is 2.00. The van der Waals surface area contributed by atoms with Gasteiger partial charge in [0.25, 0.3) is 0 Å². The van der Waals surface area contributed by atoms with E-state index in [9.17, 15) is 0 Å². The number of aromatic nitrogens is 3. The van der Waals surface area contributed by atoms with Crippen LogP contribution < -0.4 is 5.73 Å². The van der Waals surface area contributed by atoms with Gasteiger partial charge in [0.15, 0.2) is 5.17 Å². The zero-order valence-corrected chi connectivity index (χ0v) is 6.93. The molecule has 5 nitrogen and oxygen atoms in total. The van der Waals surface area contributed by atoms with E-state index in [0.717, 1.165) is 5.69 Å². The molecule has 0 aromatic carbocycles. The summed E-state index contributed by atoms with van der Waals surface area (Å²) in [7, 11) is 1.81. The fourth-order valence-electron chi connectivity index (χ4n) is 0.593. The van der Waals surface area contributed by atoms with E-state index < -0.39 is 0 Å². The van der Waals surface area contributed by atoms with E-state index >= 15 is 0 Å². The largest absolute Gasteiger partial charge is 0.379 e. The van der Waals surface area contributed by atoms with Crippen molar-refractivity contribution >= 4 is 16.9 Å². The average molecular weight is 171 g/mol. The standard InChI is InChI=1S/C5H9N5S/c1-10-4(2-8-9-10)3-11-5(6)7/h2H,3H2,1H3,(H3,6,7). The molecule has 0 fully saturated rings. The smallest absolute Gasteiger partial charge is 0.151 e. The predicted octanol–water partition coefficient (Wildman–Crippen LogP) is -0.0582. The molecule has 0 atom stereocenters. The zero-order valence-electron chi connectivity index (χ0n) is 6.11. The maximum Gasteiger partial charge on any atom is 0.151 e. The first-order chi connectivity index (χ1) is 5.20. The van der Waals surface area contributed by atoms with Crippen LogP contribution in [0.3, 0.4) is 0 Å². The van der Waals surface area contributed by atoms with Gasteiger partial charge >= 0.3 is 0 Å². The molecule has 0 aliphatic carbocycles. The Bertz CT molecular complexity index is 255. The third-order valence-corrected chi connectivity index (χ3v) is 1.93. The minimum atomic E-state index is 0.117. The molecule has 1 aromatic rings. The summed E-state index contributed by atoms with van der Waals surface area (Å²) in [5, 5.41) is 14.5. The first-order valence-electron chi connectivity index (χ1n) is 3.00. The molecule has 0 radical (unpaired) electrons. The quantitative estimate of drug-likeness (QED) is 0.482. The Morgan fingerprint density at radius 1 is 1.91 bits per heavy atom. The molecule has 1 rings (SSSR count). The Morgan fingerprint density at radius 2 is 2.64 bits per heavy atom. The van der Waals surface area contributed by atoms with Crippen LogP contribution in [0.2, 0.25) is 0 Å². The lowest BCUT2D eigenvalue weighted by molar-refractivity contribution is 0.694. The maximum absolute atomic E-state index is 6.96. The summed E-state index contributed by atoms with van der Waals surface area (Å²) in [6.07, 6.45) is 1.66. The van der Waals surface area contributed by atoms with Crippen LogP contribution in [0.4, 0.5) is 0 Å². The van der Waals surface area contributed by atoms with Crippen LogP contribution in [0.1, 0.15) is 5.69 Å². The van der Waals surface area contributed by atoms with Crippen LogP contribution >= 0.6 is 11.8 Å². The van der Waals surface area contributed by atoms with Gasteiger partial charge in [-0.3, -0.25) is 10.1 Å². The molecule has 0 aliphatic heterocycles. The molecule has 6 heteroatoms. The second kappa shape index (κ2) is 3.38. The minimum absolute atomic E-state index is 0.117. The fraction of sp³-hybridized carbons (Fsp3) is 0.400. The highest BCUT2D eigenvalue weighted by molar-refractivity contribution is 8.13. The summed E-state index contributed by atoms with van der Waals surface area (Å²) in [4.78, 5) is 0. The first-order valence-corrected chi connectivity index (χ1v) is 3.99. The number of amidine groups is 1. The molecule has 60 valence electrons. The number of nitrogens with two attached hydrogens (primary N) is 1. The molecular formula is C5H9N5S. The fourth-order valence-corrected chi connectivity index (χ4v) is 1.16. The summed E-state index contributed by atoms with van der Waals surface area (Å²) < 4.78 is 1.66. The van der Waals surface area contributed by atoms with Gasteiger partial charge in [-0.05, 0) is 0 Å². The molecule has 11 heavy (non-hydrogen) atoms.